The molecular formula is C16H29N5O7S. The number of carboxylic acids is 1. The lowest BCUT2D eigenvalue weighted by Gasteiger charge is -2.23. The number of primary amides is 1. The summed E-state index contributed by atoms with van der Waals surface area (Å²) in [5, 5.41) is 25.5. The Labute approximate surface area is 172 Å². The van der Waals surface area contributed by atoms with Crippen LogP contribution < -0.4 is 27.4 Å². The molecule has 0 aliphatic rings. The van der Waals surface area contributed by atoms with Crippen molar-refractivity contribution in [1.29, 1.82) is 0 Å². The van der Waals surface area contributed by atoms with Crippen LogP contribution in [0.2, 0.25) is 0 Å². The van der Waals surface area contributed by atoms with E-state index < -0.39 is 60.4 Å². The van der Waals surface area contributed by atoms with Crippen LogP contribution in [0.3, 0.4) is 0 Å². The molecule has 0 bridgehead atoms. The van der Waals surface area contributed by atoms with Gasteiger partial charge in [-0.25, -0.2) is 4.79 Å². The molecule has 0 radical (unpaired) electrons. The van der Waals surface area contributed by atoms with Crippen molar-refractivity contribution >= 4 is 41.4 Å². The van der Waals surface area contributed by atoms with Crippen molar-refractivity contribution in [3.8, 4) is 0 Å². The zero-order chi connectivity index (χ0) is 22.6. The minimum absolute atomic E-state index is 0.249. The van der Waals surface area contributed by atoms with Crippen LogP contribution >= 0.6 is 11.8 Å². The van der Waals surface area contributed by atoms with Gasteiger partial charge in [0.2, 0.25) is 23.6 Å². The average molecular weight is 436 g/mol. The van der Waals surface area contributed by atoms with Gasteiger partial charge >= 0.3 is 5.97 Å². The summed E-state index contributed by atoms with van der Waals surface area (Å²) in [5.41, 5.74) is 10.6. The molecule has 0 aromatic rings. The van der Waals surface area contributed by atoms with Crippen molar-refractivity contribution < 1.29 is 34.2 Å². The third kappa shape index (κ3) is 11.3. The van der Waals surface area contributed by atoms with E-state index in [0.717, 1.165) is 0 Å². The Bertz CT molecular complexity index is 602. The fourth-order valence-corrected chi connectivity index (χ4v) is 2.60. The Morgan fingerprint density at radius 1 is 1.07 bits per heavy atom. The lowest BCUT2D eigenvalue weighted by molar-refractivity contribution is -0.143. The van der Waals surface area contributed by atoms with Crippen molar-refractivity contribution in [1.82, 2.24) is 16.0 Å². The minimum Gasteiger partial charge on any atom is -0.480 e. The third-order valence-electron chi connectivity index (χ3n) is 3.77. The average Bonchev–Trinajstić information content (AvgIpc) is 2.64. The highest BCUT2D eigenvalue weighted by Gasteiger charge is 2.30. The number of nitrogens with two attached hydrogens (primary N) is 2. The van der Waals surface area contributed by atoms with E-state index in [1.807, 2.05) is 6.26 Å². The van der Waals surface area contributed by atoms with Gasteiger partial charge in [-0.1, -0.05) is 0 Å². The van der Waals surface area contributed by atoms with E-state index >= 15 is 0 Å². The second-order valence-electron chi connectivity index (χ2n) is 6.30. The second-order valence-corrected chi connectivity index (χ2v) is 7.28. The van der Waals surface area contributed by atoms with Crippen LogP contribution in [0.5, 0.6) is 0 Å². The summed E-state index contributed by atoms with van der Waals surface area (Å²) < 4.78 is 0. The number of aliphatic carboxylic acids is 1. The highest BCUT2D eigenvalue weighted by Crippen LogP contribution is 2.01. The zero-order valence-corrected chi connectivity index (χ0v) is 17.2. The number of amides is 4. The molecule has 0 saturated carbocycles. The zero-order valence-electron chi connectivity index (χ0n) is 16.3. The van der Waals surface area contributed by atoms with Crippen molar-refractivity contribution in [2.45, 2.75) is 50.4 Å². The van der Waals surface area contributed by atoms with Crippen molar-refractivity contribution in [3.05, 3.63) is 0 Å². The van der Waals surface area contributed by atoms with E-state index in [9.17, 15) is 29.1 Å². The fraction of sp³-hybridized carbons (Fsp3) is 0.688. The van der Waals surface area contributed by atoms with Crippen molar-refractivity contribution in [2.24, 2.45) is 11.5 Å². The summed E-state index contributed by atoms with van der Waals surface area (Å²) in [5.74, 6) is -3.75. The van der Waals surface area contributed by atoms with Gasteiger partial charge in [0, 0.05) is 6.42 Å². The predicted octanol–water partition coefficient (Wildman–Crippen LogP) is -3.12. The Balaban J connectivity index is 4.77. The van der Waals surface area contributed by atoms with Gasteiger partial charge in [0.25, 0.3) is 0 Å². The Morgan fingerprint density at radius 3 is 2.17 bits per heavy atom. The smallest absolute Gasteiger partial charge is 0.326 e. The van der Waals surface area contributed by atoms with Crippen LogP contribution in [0.25, 0.3) is 0 Å². The first-order valence-electron chi connectivity index (χ1n) is 8.80. The molecule has 4 amide bonds. The lowest BCUT2D eigenvalue weighted by atomic mass is 10.1. The van der Waals surface area contributed by atoms with Gasteiger partial charge in [0.15, 0.2) is 0 Å². The summed E-state index contributed by atoms with van der Waals surface area (Å²) in [4.78, 5) is 58.1. The predicted molar refractivity (Wildman–Crippen MR) is 106 cm³/mol. The normalized spacial score (nSPS) is 14.8. The highest BCUT2D eigenvalue weighted by molar-refractivity contribution is 7.98. The van der Waals surface area contributed by atoms with E-state index in [2.05, 4.69) is 16.0 Å². The Morgan fingerprint density at radius 2 is 1.69 bits per heavy atom. The number of thioether (sulfide) groups is 1. The SMILES string of the molecule is CSCCC(N)C(=O)NCC(=O)NC(C(=O)NC(CCC(N)=O)C(=O)O)C(C)O. The molecule has 166 valence electrons. The van der Waals surface area contributed by atoms with Crippen LogP contribution in [0.1, 0.15) is 26.2 Å². The molecule has 0 aliphatic carbocycles. The van der Waals surface area contributed by atoms with Gasteiger partial charge in [-0.3, -0.25) is 19.2 Å². The number of aliphatic hydroxyl groups is 1. The van der Waals surface area contributed by atoms with Gasteiger partial charge in [-0.15, -0.1) is 0 Å². The van der Waals surface area contributed by atoms with Crippen LogP contribution in [0.15, 0.2) is 0 Å². The van der Waals surface area contributed by atoms with E-state index in [-0.39, 0.29) is 12.8 Å². The summed E-state index contributed by atoms with van der Waals surface area (Å²) in [7, 11) is 0. The maximum atomic E-state index is 12.3. The number of rotatable bonds is 14. The Kier molecular flexibility index (Phi) is 12.6. The Hall–Kier alpha value is -2.38. The number of carbonyl (C=O) groups excluding carboxylic acids is 4. The number of hydrogen-bond donors (Lipinski definition) is 7. The molecule has 0 aromatic carbocycles. The first-order chi connectivity index (χ1) is 13.5. The number of aliphatic hydroxyl groups excluding tert-OH is 1. The van der Waals surface area contributed by atoms with Crippen molar-refractivity contribution in [3.63, 3.8) is 0 Å². The lowest BCUT2D eigenvalue weighted by Crippen LogP contribution is -2.57. The molecule has 13 heteroatoms. The molecule has 0 fully saturated rings. The quantitative estimate of drug-likeness (QED) is 0.147. The van der Waals surface area contributed by atoms with E-state index in [4.69, 9.17) is 16.6 Å². The molecule has 0 heterocycles. The highest BCUT2D eigenvalue weighted by atomic mass is 32.2. The summed E-state index contributed by atoms with van der Waals surface area (Å²) >= 11 is 1.52. The first kappa shape index (κ1) is 26.6. The fourth-order valence-electron chi connectivity index (χ4n) is 2.11. The summed E-state index contributed by atoms with van der Waals surface area (Å²) in [6, 6.07) is -3.69. The number of carbonyl (C=O) groups is 5. The molecule has 4 atom stereocenters. The van der Waals surface area contributed by atoms with Gasteiger partial charge in [-0.05, 0) is 31.8 Å². The van der Waals surface area contributed by atoms with Gasteiger partial charge in [0.05, 0.1) is 18.7 Å². The first-order valence-corrected chi connectivity index (χ1v) is 10.2. The summed E-state index contributed by atoms with van der Waals surface area (Å²) in [6.07, 6.45) is 0.410. The topological polar surface area (TPSA) is 214 Å². The molecule has 0 spiro atoms. The molecule has 29 heavy (non-hydrogen) atoms. The third-order valence-corrected chi connectivity index (χ3v) is 4.41. The molecule has 12 nitrogen and oxygen atoms in total. The number of hydrogen-bond acceptors (Lipinski definition) is 8. The number of carboxylic acid groups (broad SMARTS) is 1. The largest absolute Gasteiger partial charge is 0.480 e. The maximum Gasteiger partial charge on any atom is 0.326 e. The molecule has 0 rings (SSSR count). The van der Waals surface area contributed by atoms with Crippen LogP contribution in [0.4, 0.5) is 0 Å². The van der Waals surface area contributed by atoms with Crippen molar-refractivity contribution in [2.75, 3.05) is 18.6 Å². The molecule has 9 N–H and O–H groups in total. The van der Waals surface area contributed by atoms with Crippen LogP contribution in [-0.4, -0.2) is 82.6 Å². The molecular weight excluding hydrogens is 406 g/mol. The minimum atomic E-state index is -1.47. The van der Waals surface area contributed by atoms with E-state index in [1.54, 1.807) is 0 Å². The van der Waals surface area contributed by atoms with Gasteiger partial charge < -0.3 is 37.6 Å². The van der Waals surface area contributed by atoms with Gasteiger partial charge in [-0.2, -0.15) is 11.8 Å². The second kappa shape index (κ2) is 13.7. The van der Waals surface area contributed by atoms with Crippen LogP contribution in [-0.2, 0) is 24.0 Å². The van der Waals surface area contributed by atoms with E-state index in [1.165, 1.54) is 18.7 Å². The van der Waals surface area contributed by atoms with Gasteiger partial charge in [0.1, 0.15) is 12.1 Å². The summed E-state index contributed by atoms with van der Waals surface area (Å²) in [6.45, 7) is 0.743. The maximum absolute atomic E-state index is 12.3. The molecule has 4 unspecified atom stereocenters. The molecule has 0 aliphatic heterocycles. The number of nitrogens with one attached hydrogen (secondary N) is 3. The molecule has 0 saturated heterocycles. The monoisotopic (exact) mass is 435 g/mol. The van der Waals surface area contributed by atoms with E-state index in [0.29, 0.717) is 12.2 Å². The van der Waals surface area contributed by atoms with Crippen LogP contribution in [0, 0.1) is 0 Å². The standard InChI is InChI=1S/C16H29N5O7S/c1-8(22)13(15(26)20-10(16(27)28)3-4-11(18)23)21-12(24)7-19-14(25)9(17)5-6-29-2/h8-10,13,22H,3-7,17H2,1-2H3,(H2,18,23)(H,19,25)(H,20,26)(H,21,24)(H,27,28). The molecule has 0 aromatic heterocycles.